The first-order valence-corrected chi connectivity index (χ1v) is 5.12. The van der Waals surface area contributed by atoms with Crippen LogP contribution >= 0.6 is 0 Å². The molecule has 0 saturated heterocycles. The van der Waals surface area contributed by atoms with Gasteiger partial charge >= 0.3 is 0 Å². The number of nitrogens with two attached hydrogens (primary N) is 4. The second kappa shape index (κ2) is 15.2. The second-order valence-corrected chi connectivity index (χ2v) is 3.27. The molecule has 0 rings (SSSR count). The van der Waals surface area contributed by atoms with Crippen molar-refractivity contribution in [1.29, 1.82) is 0 Å². The minimum absolute atomic E-state index is 0.139. The van der Waals surface area contributed by atoms with Crippen LogP contribution in [-0.4, -0.2) is 36.5 Å². The normalized spacial score (nSPS) is 8.00. The maximum absolute atomic E-state index is 9.95. The van der Waals surface area contributed by atoms with Crippen molar-refractivity contribution >= 4 is 23.4 Å². The van der Waals surface area contributed by atoms with E-state index < -0.39 is 11.8 Å². The number of carbonyl (C=O) groups excluding carboxylic acids is 4. The molecule has 0 aromatic heterocycles. The molecule has 2 amide bonds. The molecule has 0 atom stereocenters. The van der Waals surface area contributed by atoms with Gasteiger partial charge in [-0.1, -0.05) is 0 Å². The summed E-state index contributed by atoms with van der Waals surface area (Å²) in [5, 5.41) is 0. The molecule has 0 aliphatic rings. The summed E-state index contributed by atoms with van der Waals surface area (Å²) >= 11 is 0. The van der Waals surface area contributed by atoms with E-state index in [9.17, 15) is 19.2 Å². The van der Waals surface area contributed by atoms with Crippen molar-refractivity contribution in [3.8, 4) is 0 Å². The van der Waals surface area contributed by atoms with E-state index in [0.717, 1.165) is 0 Å². The molecule has 8 nitrogen and oxygen atoms in total. The fraction of sp³-hybridized carbons (Fsp3) is 0.600. The van der Waals surface area contributed by atoms with Gasteiger partial charge in [0.05, 0.1) is 12.8 Å². The molecular formula is C10H22N4O4. The van der Waals surface area contributed by atoms with E-state index >= 15 is 0 Å². The molecule has 0 bridgehead atoms. The van der Waals surface area contributed by atoms with Gasteiger partial charge in [0.15, 0.2) is 0 Å². The second-order valence-electron chi connectivity index (χ2n) is 3.27. The number of rotatable bonds is 5. The van der Waals surface area contributed by atoms with Crippen molar-refractivity contribution in [1.82, 2.24) is 0 Å². The van der Waals surface area contributed by atoms with Crippen molar-refractivity contribution in [3.05, 3.63) is 0 Å². The van der Waals surface area contributed by atoms with Gasteiger partial charge in [0.1, 0.15) is 11.6 Å². The van der Waals surface area contributed by atoms with Gasteiger partial charge in [-0.3, -0.25) is 19.2 Å². The zero-order chi connectivity index (χ0) is 15.1. The number of amides is 2. The number of carbonyl (C=O) groups is 4. The Morgan fingerprint density at radius 1 is 0.722 bits per heavy atom. The van der Waals surface area contributed by atoms with Gasteiger partial charge in [0, 0.05) is 13.1 Å². The molecule has 8 N–H and O–H groups in total. The highest BCUT2D eigenvalue weighted by Gasteiger charge is 1.96. The SMILES string of the molecule is CC(=O)CC(N)=O.CC(=O)CC(N)=O.NCCN. The molecule has 0 spiro atoms. The highest BCUT2D eigenvalue weighted by atomic mass is 16.2. The predicted octanol–water partition coefficient (Wildman–Crippen LogP) is -2.19. The van der Waals surface area contributed by atoms with Gasteiger partial charge in [0.25, 0.3) is 0 Å². The maximum atomic E-state index is 9.95. The van der Waals surface area contributed by atoms with Crippen LogP contribution in [0, 0.1) is 0 Å². The summed E-state index contributed by atoms with van der Waals surface area (Å²) < 4.78 is 0. The summed E-state index contributed by atoms with van der Waals surface area (Å²) in [5.74, 6) is -1.50. The minimum atomic E-state index is -0.562. The number of Topliss-reactive ketones (excluding diaryl/α,β-unsaturated/α-hetero) is 2. The first-order valence-electron chi connectivity index (χ1n) is 5.12. The van der Waals surface area contributed by atoms with E-state index in [1.807, 2.05) is 0 Å². The fourth-order valence-electron chi connectivity index (χ4n) is 0.491. The van der Waals surface area contributed by atoms with E-state index in [2.05, 4.69) is 11.5 Å². The highest BCUT2D eigenvalue weighted by Crippen LogP contribution is 1.75. The molecule has 0 aliphatic carbocycles. The van der Waals surface area contributed by atoms with Crippen LogP contribution in [0.5, 0.6) is 0 Å². The Hall–Kier alpha value is -1.80. The van der Waals surface area contributed by atoms with Crippen LogP contribution in [0.1, 0.15) is 26.7 Å². The van der Waals surface area contributed by atoms with Crippen LogP contribution in [0.3, 0.4) is 0 Å². The Morgan fingerprint density at radius 2 is 0.944 bits per heavy atom. The molecule has 0 unspecified atom stereocenters. The summed E-state index contributed by atoms with van der Waals surface area (Å²) in [6.07, 6.45) is -0.278. The first kappa shape index (κ1) is 21.5. The highest BCUT2D eigenvalue weighted by molar-refractivity contribution is 5.96. The lowest BCUT2D eigenvalue weighted by molar-refractivity contribution is -0.126. The van der Waals surface area contributed by atoms with Crippen molar-refractivity contribution in [2.75, 3.05) is 13.1 Å². The number of hydrogen-bond acceptors (Lipinski definition) is 6. The Bertz CT molecular complexity index is 227. The third-order valence-electron chi connectivity index (χ3n) is 1.01. The largest absolute Gasteiger partial charge is 0.369 e. The monoisotopic (exact) mass is 262 g/mol. The lowest BCUT2D eigenvalue weighted by Gasteiger charge is -1.82. The molecule has 106 valence electrons. The lowest BCUT2D eigenvalue weighted by Crippen LogP contribution is -2.13. The summed E-state index contributed by atoms with van der Waals surface area (Å²) in [7, 11) is 0. The average Bonchev–Trinajstić information content (AvgIpc) is 2.14. The zero-order valence-electron chi connectivity index (χ0n) is 10.8. The Balaban J connectivity index is -0.000000196. The summed E-state index contributed by atoms with van der Waals surface area (Å²) in [6.45, 7) is 3.84. The molecule has 0 saturated carbocycles. The van der Waals surface area contributed by atoms with Crippen molar-refractivity contribution in [2.24, 2.45) is 22.9 Å². The average molecular weight is 262 g/mol. The predicted molar refractivity (Wildman–Crippen MR) is 67.1 cm³/mol. The van der Waals surface area contributed by atoms with Crippen LogP contribution in [-0.2, 0) is 19.2 Å². The van der Waals surface area contributed by atoms with E-state index in [1.54, 1.807) is 0 Å². The Morgan fingerprint density at radius 3 is 0.944 bits per heavy atom. The minimum Gasteiger partial charge on any atom is -0.369 e. The third kappa shape index (κ3) is 47.7. The van der Waals surface area contributed by atoms with Gasteiger partial charge in [-0.05, 0) is 13.8 Å². The number of ketones is 2. The molecule has 0 heterocycles. The molecule has 0 fully saturated rings. The molecule has 0 aromatic rings. The van der Waals surface area contributed by atoms with Crippen LogP contribution in [0.2, 0.25) is 0 Å². The molecule has 8 heteroatoms. The molecular weight excluding hydrogens is 240 g/mol. The van der Waals surface area contributed by atoms with E-state index in [4.69, 9.17) is 11.5 Å². The van der Waals surface area contributed by atoms with Gasteiger partial charge in [0.2, 0.25) is 11.8 Å². The standard InChI is InChI=1S/2C4H7NO2.C2H8N2/c2*1-3(6)2-4(5)7;3-1-2-4/h2*2H2,1H3,(H2,5,7);1-4H2. The van der Waals surface area contributed by atoms with Crippen LogP contribution in [0.15, 0.2) is 0 Å². The maximum Gasteiger partial charge on any atom is 0.224 e. The molecule has 0 aliphatic heterocycles. The van der Waals surface area contributed by atoms with Crippen LogP contribution in [0.4, 0.5) is 0 Å². The number of primary amides is 2. The molecule has 18 heavy (non-hydrogen) atoms. The smallest absolute Gasteiger partial charge is 0.224 e. The topological polar surface area (TPSA) is 172 Å². The first-order chi connectivity index (χ1) is 8.17. The quantitative estimate of drug-likeness (QED) is 0.409. The fourth-order valence-corrected chi connectivity index (χ4v) is 0.491. The zero-order valence-corrected chi connectivity index (χ0v) is 10.8. The Kier molecular flexibility index (Phi) is 18.1. The van der Waals surface area contributed by atoms with Gasteiger partial charge in [-0.15, -0.1) is 0 Å². The van der Waals surface area contributed by atoms with Gasteiger partial charge in [-0.2, -0.15) is 0 Å². The third-order valence-corrected chi connectivity index (χ3v) is 1.01. The van der Waals surface area contributed by atoms with Crippen molar-refractivity contribution in [3.63, 3.8) is 0 Å². The van der Waals surface area contributed by atoms with Crippen LogP contribution < -0.4 is 22.9 Å². The number of hydrogen-bond donors (Lipinski definition) is 4. The summed E-state index contributed by atoms with van der Waals surface area (Å²) in [4.78, 5) is 39.5. The van der Waals surface area contributed by atoms with E-state index in [0.29, 0.717) is 13.1 Å². The van der Waals surface area contributed by atoms with E-state index in [1.165, 1.54) is 13.8 Å². The molecule has 0 aromatic carbocycles. The van der Waals surface area contributed by atoms with Gasteiger partial charge in [-0.25, -0.2) is 0 Å². The van der Waals surface area contributed by atoms with Gasteiger partial charge < -0.3 is 22.9 Å². The summed E-state index contributed by atoms with van der Waals surface area (Å²) in [6, 6.07) is 0. The summed E-state index contributed by atoms with van der Waals surface area (Å²) in [5.41, 5.74) is 19.1. The van der Waals surface area contributed by atoms with Crippen LogP contribution in [0.25, 0.3) is 0 Å². The van der Waals surface area contributed by atoms with Crippen molar-refractivity contribution in [2.45, 2.75) is 26.7 Å². The van der Waals surface area contributed by atoms with E-state index in [-0.39, 0.29) is 24.4 Å². The van der Waals surface area contributed by atoms with Crippen molar-refractivity contribution < 1.29 is 19.2 Å². The lowest BCUT2D eigenvalue weighted by atomic mass is 10.3. The molecule has 0 radical (unpaired) electrons. The Labute approximate surface area is 106 Å².